The Kier molecular flexibility index (Phi) is 5.91. The lowest BCUT2D eigenvalue weighted by Gasteiger charge is -2.04. The second-order valence-electron chi connectivity index (χ2n) is 5.82. The average Bonchev–Trinajstić information content (AvgIpc) is 3.29. The molecule has 1 aliphatic carbocycles. The molecule has 0 spiro atoms. The normalized spacial score (nSPS) is 22.1. The van der Waals surface area contributed by atoms with E-state index < -0.39 is 0 Å². The molecule has 2 unspecified atom stereocenters. The molecule has 0 saturated heterocycles. The minimum Gasteiger partial charge on any atom is -0.497 e. The smallest absolute Gasteiger partial charge is 0.118 e. The fraction of sp³-hybridized carbons (Fsp3) is 0.368. The summed E-state index contributed by atoms with van der Waals surface area (Å²) in [5.74, 6) is 3.62. The minimum atomic E-state index is 0. The lowest BCUT2D eigenvalue weighted by atomic mass is 10.0. The molecule has 2 aromatic carbocycles. The van der Waals surface area contributed by atoms with E-state index in [4.69, 9.17) is 9.47 Å². The van der Waals surface area contributed by atoms with Gasteiger partial charge < -0.3 is 14.8 Å². The largest absolute Gasteiger partial charge is 0.497 e. The first kappa shape index (κ1) is 17.6. The van der Waals surface area contributed by atoms with Crippen LogP contribution in [0.4, 0.5) is 0 Å². The minimum absolute atomic E-state index is 0. The van der Waals surface area contributed by atoms with Crippen molar-refractivity contribution in [1.82, 2.24) is 5.32 Å². The van der Waals surface area contributed by atoms with Gasteiger partial charge in [0.15, 0.2) is 0 Å². The van der Waals surface area contributed by atoms with Crippen molar-refractivity contribution in [3.05, 3.63) is 59.7 Å². The number of ether oxygens (including phenoxy) is 2. The molecule has 2 atom stereocenters. The molecule has 0 heterocycles. The highest BCUT2D eigenvalue weighted by Crippen LogP contribution is 2.60. The molecule has 2 aromatic rings. The predicted octanol–water partition coefficient (Wildman–Crippen LogP) is 3.84. The lowest BCUT2D eigenvalue weighted by Crippen LogP contribution is -2.11. The Bertz CT molecular complexity index is 559. The van der Waals surface area contributed by atoms with E-state index in [2.05, 4.69) is 53.8 Å². The third-order valence-corrected chi connectivity index (χ3v) is 4.61. The molecular weight excluding hydrogens is 310 g/mol. The summed E-state index contributed by atoms with van der Waals surface area (Å²) in [7, 11) is 5.43. The van der Waals surface area contributed by atoms with Crippen LogP contribution in [0.2, 0.25) is 0 Å². The second kappa shape index (κ2) is 7.71. The highest BCUT2D eigenvalue weighted by Gasteiger charge is 2.50. The van der Waals surface area contributed by atoms with Gasteiger partial charge >= 0.3 is 0 Å². The average molecular weight is 334 g/mol. The van der Waals surface area contributed by atoms with E-state index in [1.165, 1.54) is 11.1 Å². The molecule has 3 rings (SSSR count). The first-order valence-corrected chi connectivity index (χ1v) is 7.71. The van der Waals surface area contributed by atoms with Gasteiger partial charge in [0.1, 0.15) is 11.5 Å². The van der Waals surface area contributed by atoms with Gasteiger partial charge in [0.05, 0.1) is 14.2 Å². The Hall–Kier alpha value is -1.71. The van der Waals surface area contributed by atoms with Gasteiger partial charge in [-0.15, -0.1) is 12.4 Å². The van der Waals surface area contributed by atoms with E-state index in [1.54, 1.807) is 14.2 Å². The molecule has 0 aliphatic heterocycles. The molecule has 124 valence electrons. The molecule has 1 fully saturated rings. The topological polar surface area (TPSA) is 30.5 Å². The van der Waals surface area contributed by atoms with Crippen LogP contribution in [0.15, 0.2) is 48.5 Å². The van der Waals surface area contributed by atoms with Crippen LogP contribution in [-0.4, -0.2) is 27.8 Å². The molecule has 0 amide bonds. The molecule has 1 aliphatic rings. The van der Waals surface area contributed by atoms with Gasteiger partial charge in [-0.2, -0.15) is 0 Å². The standard InChI is InChI=1S/C19H23NO2.ClH/c1-20-12-17-18(13-4-8-15(21-2)9-5-13)19(17)14-6-10-16(22-3)11-7-14;/h4-11,17-20H,12H2,1-3H3;1H. The van der Waals surface area contributed by atoms with Crippen LogP contribution in [0.25, 0.3) is 0 Å². The van der Waals surface area contributed by atoms with Gasteiger partial charge in [0, 0.05) is 0 Å². The maximum atomic E-state index is 5.25. The molecule has 3 nitrogen and oxygen atoms in total. The number of rotatable bonds is 6. The van der Waals surface area contributed by atoms with Crippen LogP contribution in [0.3, 0.4) is 0 Å². The highest BCUT2D eigenvalue weighted by molar-refractivity contribution is 5.85. The van der Waals surface area contributed by atoms with Gasteiger partial charge in [-0.3, -0.25) is 0 Å². The van der Waals surface area contributed by atoms with Crippen LogP contribution in [0.1, 0.15) is 23.0 Å². The van der Waals surface area contributed by atoms with E-state index in [0.717, 1.165) is 18.0 Å². The molecule has 0 bridgehead atoms. The van der Waals surface area contributed by atoms with E-state index in [-0.39, 0.29) is 12.4 Å². The summed E-state index contributed by atoms with van der Waals surface area (Å²) >= 11 is 0. The molecular formula is C19H24ClNO2. The van der Waals surface area contributed by atoms with Crippen LogP contribution in [0.5, 0.6) is 11.5 Å². The van der Waals surface area contributed by atoms with Gasteiger partial charge in [-0.25, -0.2) is 0 Å². The van der Waals surface area contributed by atoms with E-state index in [0.29, 0.717) is 17.8 Å². The number of benzene rings is 2. The molecule has 0 aromatic heterocycles. The summed E-state index contributed by atoms with van der Waals surface area (Å²) in [5, 5.41) is 3.32. The zero-order valence-corrected chi connectivity index (χ0v) is 14.6. The van der Waals surface area contributed by atoms with Gasteiger partial charge in [0.2, 0.25) is 0 Å². The predicted molar refractivity (Wildman–Crippen MR) is 96.1 cm³/mol. The Morgan fingerprint density at radius 2 is 1.17 bits per heavy atom. The fourth-order valence-electron chi connectivity index (χ4n) is 3.42. The quantitative estimate of drug-likeness (QED) is 0.871. The summed E-state index contributed by atoms with van der Waals surface area (Å²) in [6, 6.07) is 17.0. The molecule has 0 radical (unpaired) electrons. The third-order valence-electron chi connectivity index (χ3n) is 4.61. The Labute approximate surface area is 144 Å². The first-order chi connectivity index (χ1) is 10.8. The van der Waals surface area contributed by atoms with Crippen molar-refractivity contribution in [2.24, 2.45) is 5.92 Å². The van der Waals surface area contributed by atoms with Crippen molar-refractivity contribution in [1.29, 1.82) is 0 Å². The molecule has 4 heteroatoms. The number of nitrogens with one attached hydrogen (secondary N) is 1. The second-order valence-corrected chi connectivity index (χ2v) is 5.82. The summed E-state index contributed by atoms with van der Waals surface area (Å²) in [4.78, 5) is 0. The van der Waals surface area contributed by atoms with Crippen LogP contribution in [0, 0.1) is 5.92 Å². The van der Waals surface area contributed by atoms with Crippen molar-refractivity contribution in [3.8, 4) is 11.5 Å². The van der Waals surface area contributed by atoms with E-state index >= 15 is 0 Å². The maximum Gasteiger partial charge on any atom is 0.118 e. The van der Waals surface area contributed by atoms with Crippen molar-refractivity contribution < 1.29 is 9.47 Å². The lowest BCUT2D eigenvalue weighted by molar-refractivity contribution is 0.414. The Morgan fingerprint density at radius 1 is 0.783 bits per heavy atom. The van der Waals surface area contributed by atoms with E-state index in [1.807, 2.05) is 7.05 Å². The summed E-state index contributed by atoms with van der Waals surface area (Å²) in [5.41, 5.74) is 2.78. The summed E-state index contributed by atoms with van der Waals surface area (Å²) < 4.78 is 10.5. The fourth-order valence-corrected chi connectivity index (χ4v) is 3.42. The van der Waals surface area contributed by atoms with Crippen molar-refractivity contribution in [2.45, 2.75) is 11.8 Å². The van der Waals surface area contributed by atoms with Crippen LogP contribution < -0.4 is 14.8 Å². The highest BCUT2D eigenvalue weighted by atomic mass is 35.5. The van der Waals surface area contributed by atoms with Crippen LogP contribution >= 0.6 is 12.4 Å². The molecule has 1 saturated carbocycles. The van der Waals surface area contributed by atoms with Gasteiger partial charge in [-0.1, -0.05) is 24.3 Å². The maximum absolute atomic E-state index is 5.25. The number of hydrogen-bond donors (Lipinski definition) is 1. The zero-order chi connectivity index (χ0) is 15.5. The third kappa shape index (κ3) is 3.62. The summed E-state index contributed by atoms with van der Waals surface area (Å²) in [6.45, 7) is 1.04. The van der Waals surface area contributed by atoms with Gasteiger partial charge in [0.25, 0.3) is 0 Å². The molecule has 23 heavy (non-hydrogen) atoms. The summed E-state index contributed by atoms with van der Waals surface area (Å²) in [6.07, 6.45) is 0. The Morgan fingerprint density at radius 3 is 1.48 bits per heavy atom. The first-order valence-electron chi connectivity index (χ1n) is 7.71. The number of halogens is 1. The van der Waals surface area contributed by atoms with Crippen molar-refractivity contribution in [3.63, 3.8) is 0 Å². The van der Waals surface area contributed by atoms with E-state index in [9.17, 15) is 0 Å². The SMILES string of the molecule is CNCC1C(c2ccc(OC)cc2)C1c1ccc(OC)cc1.Cl. The van der Waals surface area contributed by atoms with Crippen molar-refractivity contribution in [2.75, 3.05) is 27.8 Å². The van der Waals surface area contributed by atoms with Crippen LogP contribution in [-0.2, 0) is 0 Å². The number of methoxy groups -OCH3 is 2. The monoisotopic (exact) mass is 333 g/mol. The molecule has 1 N–H and O–H groups in total. The van der Waals surface area contributed by atoms with Crippen molar-refractivity contribution >= 4 is 12.4 Å². The zero-order valence-electron chi connectivity index (χ0n) is 13.8. The number of hydrogen-bond acceptors (Lipinski definition) is 3. The Balaban J connectivity index is 0.00000192. The van der Waals surface area contributed by atoms with Gasteiger partial charge in [-0.05, 0) is 66.7 Å².